The van der Waals surface area contributed by atoms with Crippen LogP contribution in [0.15, 0.2) is 48.5 Å². The van der Waals surface area contributed by atoms with E-state index in [1.807, 2.05) is 13.8 Å². The van der Waals surface area contributed by atoms with Crippen LogP contribution < -0.4 is 0 Å². The summed E-state index contributed by atoms with van der Waals surface area (Å²) in [6.45, 7) is 3.81. The van der Waals surface area contributed by atoms with Gasteiger partial charge in [0.1, 0.15) is 0 Å². The van der Waals surface area contributed by atoms with Gasteiger partial charge in [-0.25, -0.2) is 0 Å². The summed E-state index contributed by atoms with van der Waals surface area (Å²) in [5.74, 6) is -0.517. The molecule has 0 spiro atoms. The standard InChI is InChI=1S/C18H17N3O5/c1-11(2)19-17(13-5-9-15(10-6-13)21(25)26)16(18(19)22)12-3-7-14(8-4-12)20(23)24/h3-11,16-17H,1-2H3/t16-,17-/m1/s1. The Labute approximate surface area is 149 Å². The highest BCUT2D eigenvalue weighted by atomic mass is 16.6. The molecular weight excluding hydrogens is 338 g/mol. The van der Waals surface area contributed by atoms with Crippen molar-refractivity contribution in [2.45, 2.75) is 31.8 Å². The molecule has 0 aliphatic carbocycles. The normalized spacial score (nSPS) is 19.3. The Bertz CT molecular complexity index is 861. The molecule has 2 aromatic carbocycles. The van der Waals surface area contributed by atoms with Crippen molar-refractivity contribution < 1.29 is 14.6 Å². The number of nitro groups is 2. The third kappa shape index (κ3) is 2.90. The predicted octanol–water partition coefficient (Wildman–Crippen LogP) is 3.58. The zero-order valence-electron chi connectivity index (χ0n) is 14.2. The van der Waals surface area contributed by atoms with Gasteiger partial charge in [0, 0.05) is 30.3 Å². The van der Waals surface area contributed by atoms with Gasteiger partial charge in [-0.3, -0.25) is 25.0 Å². The summed E-state index contributed by atoms with van der Waals surface area (Å²) < 4.78 is 0. The molecule has 0 aromatic heterocycles. The average Bonchev–Trinajstić information content (AvgIpc) is 2.59. The molecule has 1 amide bonds. The molecule has 134 valence electrons. The van der Waals surface area contributed by atoms with Crippen LogP contribution in [0.1, 0.15) is 36.9 Å². The molecule has 0 N–H and O–H groups in total. The maximum Gasteiger partial charge on any atom is 0.269 e. The summed E-state index contributed by atoms with van der Waals surface area (Å²) in [5.41, 5.74) is 1.45. The third-order valence-electron chi connectivity index (χ3n) is 4.60. The lowest BCUT2D eigenvalue weighted by Gasteiger charge is -2.50. The van der Waals surface area contributed by atoms with Crippen molar-refractivity contribution in [3.05, 3.63) is 79.9 Å². The summed E-state index contributed by atoms with van der Waals surface area (Å²) in [5, 5.41) is 21.7. The third-order valence-corrected chi connectivity index (χ3v) is 4.60. The van der Waals surface area contributed by atoms with Crippen LogP contribution in [-0.4, -0.2) is 26.7 Å². The Balaban J connectivity index is 1.96. The van der Waals surface area contributed by atoms with Gasteiger partial charge in [-0.1, -0.05) is 24.3 Å². The molecular formula is C18H17N3O5. The van der Waals surface area contributed by atoms with Crippen LogP contribution in [0, 0.1) is 20.2 Å². The number of benzene rings is 2. The molecule has 0 unspecified atom stereocenters. The number of non-ortho nitro benzene ring substituents is 2. The van der Waals surface area contributed by atoms with E-state index in [-0.39, 0.29) is 29.4 Å². The Morgan fingerprint density at radius 1 is 0.846 bits per heavy atom. The van der Waals surface area contributed by atoms with Crippen molar-refractivity contribution in [1.29, 1.82) is 0 Å². The van der Waals surface area contributed by atoms with Gasteiger partial charge >= 0.3 is 0 Å². The van der Waals surface area contributed by atoms with Gasteiger partial charge in [0.25, 0.3) is 11.4 Å². The van der Waals surface area contributed by atoms with Crippen molar-refractivity contribution in [2.24, 2.45) is 0 Å². The maximum atomic E-state index is 12.7. The number of nitro benzene ring substituents is 2. The summed E-state index contributed by atoms with van der Waals surface area (Å²) in [7, 11) is 0. The van der Waals surface area contributed by atoms with Crippen molar-refractivity contribution in [3.8, 4) is 0 Å². The predicted molar refractivity (Wildman–Crippen MR) is 93.7 cm³/mol. The summed E-state index contributed by atoms with van der Waals surface area (Å²) in [6, 6.07) is 11.8. The number of β-lactam (4-membered cyclic amide) rings is 1. The lowest BCUT2D eigenvalue weighted by Crippen LogP contribution is -2.56. The fourth-order valence-corrected chi connectivity index (χ4v) is 3.36. The van der Waals surface area contributed by atoms with Gasteiger partial charge in [-0.15, -0.1) is 0 Å². The minimum Gasteiger partial charge on any atom is -0.331 e. The molecule has 8 nitrogen and oxygen atoms in total. The van der Waals surface area contributed by atoms with E-state index in [1.165, 1.54) is 24.3 Å². The van der Waals surface area contributed by atoms with E-state index in [0.29, 0.717) is 5.56 Å². The molecule has 1 fully saturated rings. The quantitative estimate of drug-likeness (QED) is 0.463. The Kier molecular flexibility index (Phi) is 4.41. The fraction of sp³-hybridized carbons (Fsp3) is 0.278. The zero-order chi connectivity index (χ0) is 19.0. The highest BCUT2D eigenvalue weighted by Crippen LogP contribution is 2.48. The Hall–Kier alpha value is -3.29. The lowest BCUT2D eigenvalue weighted by molar-refractivity contribution is -0.385. The molecule has 26 heavy (non-hydrogen) atoms. The molecule has 0 saturated carbocycles. The zero-order valence-corrected chi connectivity index (χ0v) is 14.2. The monoisotopic (exact) mass is 355 g/mol. The molecule has 1 aliphatic heterocycles. The van der Waals surface area contributed by atoms with Gasteiger partial charge in [0.2, 0.25) is 5.91 Å². The van der Waals surface area contributed by atoms with E-state index in [2.05, 4.69) is 0 Å². The van der Waals surface area contributed by atoms with E-state index in [9.17, 15) is 25.0 Å². The number of likely N-dealkylation sites (tertiary alicyclic amines) is 1. The van der Waals surface area contributed by atoms with Crippen LogP contribution in [0.4, 0.5) is 11.4 Å². The second-order valence-corrected chi connectivity index (χ2v) is 6.46. The SMILES string of the molecule is CC(C)N1C(=O)[C@H](c2ccc([N+](=O)[O-])cc2)[C@H]1c1ccc([N+](=O)[O-])cc1. The first-order valence-electron chi connectivity index (χ1n) is 8.12. The summed E-state index contributed by atoms with van der Waals surface area (Å²) in [6.07, 6.45) is 0. The van der Waals surface area contributed by atoms with Crippen LogP contribution in [-0.2, 0) is 4.79 Å². The van der Waals surface area contributed by atoms with Crippen molar-refractivity contribution in [2.75, 3.05) is 0 Å². The second kappa shape index (κ2) is 6.55. The minimum atomic E-state index is -0.486. The topological polar surface area (TPSA) is 107 Å². The van der Waals surface area contributed by atoms with E-state index in [4.69, 9.17) is 0 Å². The lowest BCUT2D eigenvalue weighted by atomic mass is 9.77. The molecule has 0 radical (unpaired) electrons. The first-order valence-corrected chi connectivity index (χ1v) is 8.12. The van der Waals surface area contributed by atoms with Crippen LogP contribution in [0.2, 0.25) is 0 Å². The van der Waals surface area contributed by atoms with Crippen LogP contribution in [0.5, 0.6) is 0 Å². The molecule has 2 aromatic rings. The average molecular weight is 355 g/mol. The first-order chi connectivity index (χ1) is 12.3. The van der Waals surface area contributed by atoms with Gasteiger partial charge in [-0.05, 0) is 25.0 Å². The van der Waals surface area contributed by atoms with Gasteiger partial charge in [0.15, 0.2) is 0 Å². The van der Waals surface area contributed by atoms with Crippen molar-refractivity contribution in [1.82, 2.24) is 4.90 Å². The number of carbonyl (C=O) groups excluding carboxylic acids is 1. The van der Waals surface area contributed by atoms with Crippen LogP contribution in [0.3, 0.4) is 0 Å². The highest BCUT2D eigenvalue weighted by molar-refractivity contribution is 5.92. The van der Waals surface area contributed by atoms with E-state index >= 15 is 0 Å². The van der Waals surface area contributed by atoms with Crippen molar-refractivity contribution in [3.63, 3.8) is 0 Å². The van der Waals surface area contributed by atoms with E-state index in [0.717, 1.165) is 5.56 Å². The van der Waals surface area contributed by atoms with Gasteiger partial charge in [0.05, 0.1) is 21.8 Å². The minimum absolute atomic E-state index is 0.0117. The number of nitrogens with zero attached hydrogens (tertiary/aromatic N) is 3. The van der Waals surface area contributed by atoms with E-state index in [1.54, 1.807) is 29.2 Å². The number of hydrogen-bond donors (Lipinski definition) is 0. The van der Waals surface area contributed by atoms with Crippen LogP contribution >= 0.6 is 0 Å². The molecule has 8 heteroatoms. The van der Waals surface area contributed by atoms with E-state index < -0.39 is 15.8 Å². The largest absolute Gasteiger partial charge is 0.331 e. The fourth-order valence-electron chi connectivity index (χ4n) is 3.36. The number of carbonyl (C=O) groups is 1. The molecule has 3 rings (SSSR count). The Morgan fingerprint density at radius 2 is 1.27 bits per heavy atom. The first kappa shape index (κ1) is 17.5. The molecule has 1 saturated heterocycles. The maximum absolute atomic E-state index is 12.7. The van der Waals surface area contributed by atoms with Gasteiger partial charge < -0.3 is 4.90 Å². The molecule has 1 aliphatic rings. The number of rotatable bonds is 5. The van der Waals surface area contributed by atoms with Crippen LogP contribution in [0.25, 0.3) is 0 Å². The molecule has 0 bridgehead atoms. The summed E-state index contributed by atoms with van der Waals surface area (Å²) >= 11 is 0. The van der Waals surface area contributed by atoms with Crippen molar-refractivity contribution >= 4 is 17.3 Å². The summed E-state index contributed by atoms with van der Waals surface area (Å²) in [4.78, 5) is 35.1. The molecule has 1 heterocycles. The number of amides is 1. The second-order valence-electron chi connectivity index (χ2n) is 6.46. The smallest absolute Gasteiger partial charge is 0.269 e. The molecule has 2 atom stereocenters. The van der Waals surface area contributed by atoms with Gasteiger partial charge in [-0.2, -0.15) is 0 Å². The highest BCUT2D eigenvalue weighted by Gasteiger charge is 2.49. The number of hydrogen-bond acceptors (Lipinski definition) is 5. The Morgan fingerprint density at radius 3 is 1.65 bits per heavy atom.